The van der Waals surface area contributed by atoms with Gasteiger partial charge in [-0.05, 0) is 43.3 Å². The molecule has 0 heterocycles. The number of nitrogens with two attached hydrogens (primary N) is 1. The Bertz CT molecular complexity index is 555. The van der Waals surface area contributed by atoms with Crippen LogP contribution < -0.4 is 10.5 Å². The molecule has 2 aromatic rings. The van der Waals surface area contributed by atoms with Crippen molar-refractivity contribution in [2.24, 2.45) is 5.73 Å². The van der Waals surface area contributed by atoms with E-state index in [1.165, 1.54) is 0 Å². The van der Waals surface area contributed by atoms with Crippen molar-refractivity contribution in [2.45, 2.75) is 22.8 Å². The molecular weight excluding hydrogens is 278 g/mol. The molecule has 0 aliphatic rings. The maximum Gasteiger partial charge on any atom is 0.124 e. The third-order valence-electron chi connectivity index (χ3n) is 2.74. The minimum Gasteiger partial charge on any atom is -0.496 e. The fourth-order valence-electron chi connectivity index (χ4n) is 1.87. The van der Waals surface area contributed by atoms with Crippen molar-refractivity contribution in [3.63, 3.8) is 0 Å². The standard InChI is InChI=1S/C15H16ClNOS/c1-10(17)15-13(18-2)4-3-5-14(15)19-12-8-6-11(16)7-9-12/h3-10H,17H2,1-2H3. The number of halogens is 1. The Kier molecular flexibility index (Phi) is 4.75. The molecule has 2 rings (SSSR count). The fraction of sp³-hybridized carbons (Fsp3) is 0.200. The molecule has 4 heteroatoms. The van der Waals surface area contributed by atoms with Gasteiger partial charge in [-0.25, -0.2) is 0 Å². The lowest BCUT2D eigenvalue weighted by Gasteiger charge is -2.16. The van der Waals surface area contributed by atoms with E-state index in [9.17, 15) is 0 Å². The van der Waals surface area contributed by atoms with Crippen LogP contribution >= 0.6 is 23.4 Å². The number of hydrogen-bond acceptors (Lipinski definition) is 3. The highest BCUT2D eigenvalue weighted by Gasteiger charge is 2.13. The minimum atomic E-state index is -0.0778. The molecule has 1 unspecified atom stereocenters. The van der Waals surface area contributed by atoms with Crippen molar-refractivity contribution >= 4 is 23.4 Å². The largest absolute Gasteiger partial charge is 0.496 e. The normalized spacial score (nSPS) is 12.2. The number of rotatable bonds is 4. The maximum absolute atomic E-state index is 6.05. The van der Waals surface area contributed by atoms with E-state index in [1.54, 1.807) is 18.9 Å². The topological polar surface area (TPSA) is 35.2 Å². The van der Waals surface area contributed by atoms with Crippen molar-refractivity contribution < 1.29 is 4.74 Å². The van der Waals surface area contributed by atoms with Crippen LogP contribution in [0.5, 0.6) is 5.75 Å². The summed E-state index contributed by atoms with van der Waals surface area (Å²) < 4.78 is 5.39. The SMILES string of the molecule is COc1cccc(Sc2ccc(Cl)cc2)c1C(C)N. The first-order valence-electron chi connectivity index (χ1n) is 5.97. The van der Waals surface area contributed by atoms with Gasteiger partial charge >= 0.3 is 0 Å². The molecule has 19 heavy (non-hydrogen) atoms. The van der Waals surface area contributed by atoms with Crippen LogP contribution in [0, 0.1) is 0 Å². The Hall–Kier alpha value is -1.16. The molecule has 2 N–H and O–H groups in total. The summed E-state index contributed by atoms with van der Waals surface area (Å²) in [6.45, 7) is 1.96. The first kappa shape index (κ1) is 14.3. The molecule has 2 aromatic carbocycles. The van der Waals surface area contributed by atoms with Gasteiger partial charge < -0.3 is 10.5 Å². The van der Waals surface area contributed by atoms with Crippen LogP contribution in [0.1, 0.15) is 18.5 Å². The molecule has 0 amide bonds. The summed E-state index contributed by atoms with van der Waals surface area (Å²) in [5.41, 5.74) is 7.09. The van der Waals surface area contributed by atoms with Gasteiger partial charge in [0, 0.05) is 26.4 Å². The van der Waals surface area contributed by atoms with E-state index in [0.29, 0.717) is 0 Å². The van der Waals surface area contributed by atoms with Crippen LogP contribution in [-0.4, -0.2) is 7.11 Å². The summed E-state index contributed by atoms with van der Waals surface area (Å²) in [6.07, 6.45) is 0. The average Bonchev–Trinajstić information content (AvgIpc) is 2.40. The predicted molar refractivity (Wildman–Crippen MR) is 81.2 cm³/mol. The minimum absolute atomic E-state index is 0.0778. The van der Waals surface area contributed by atoms with Crippen LogP contribution in [0.2, 0.25) is 5.02 Å². The zero-order valence-corrected chi connectivity index (χ0v) is 12.5. The molecule has 0 radical (unpaired) electrons. The highest BCUT2D eigenvalue weighted by atomic mass is 35.5. The van der Waals surface area contributed by atoms with E-state index >= 15 is 0 Å². The van der Waals surface area contributed by atoms with Gasteiger partial charge in [-0.3, -0.25) is 0 Å². The summed E-state index contributed by atoms with van der Waals surface area (Å²) in [5.74, 6) is 0.828. The lowest BCUT2D eigenvalue weighted by atomic mass is 10.1. The van der Waals surface area contributed by atoms with Crippen molar-refractivity contribution in [1.82, 2.24) is 0 Å². The van der Waals surface area contributed by atoms with Gasteiger partial charge in [-0.15, -0.1) is 0 Å². The first-order chi connectivity index (χ1) is 9.11. The summed E-state index contributed by atoms with van der Waals surface area (Å²) in [6, 6.07) is 13.7. The predicted octanol–water partition coefficient (Wildman–Crippen LogP) is 4.52. The van der Waals surface area contributed by atoms with Gasteiger partial charge in [0.25, 0.3) is 0 Å². The molecule has 0 saturated carbocycles. The second-order valence-electron chi connectivity index (χ2n) is 4.22. The van der Waals surface area contributed by atoms with E-state index in [0.717, 1.165) is 26.1 Å². The second-order valence-corrected chi connectivity index (χ2v) is 5.77. The lowest BCUT2D eigenvalue weighted by molar-refractivity contribution is 0.405. The van der Waals surface area contributed by atoms with Crippen LogP contribution in [0.15, 0.2) is 52.3 Å². The number of ether oxygens (including phenoxy) is 1. The van der Waals surface area contributed by atoms with Crippen molar-refractivity contribution in [2.75, 3.05) is 7.11 Å². The molecule has 100 valence electrons. The molecule has 0 fully saturated rings. The molecule has 2 nitrogen and oxygen atoms in total. The zero-order chi connectivity index (χ0) is 13.8. The monoisotopic (exact) mass is 293 g/mol. The maximum atomic E-state index is 6.05. The van der Waals surface area contributed by atoms with Crippen LogP contribution in [0.4, 0.5) is 0 Å². The first-order valence-corrected chi connectivity index (χ1v) is 7.17. The zero-order valence-electron chi connectivity index (χ0n) is 10.9. The van der Waals surface area contributed by atoms with Crippen LogP contribution in [0.3, 0.4) is 0 Å². The Morgan fingerprint density at radius 1 is 1.16 bits per heavy atom. The molecule has 0 bridgehead atoms. The number of methoxy groups -OCH3 is 1. The van der Waals surface area contributed by atoms with Crippen molar-refractivity contribution in [1.29, 1.82) is 0 Å². The molecule has 0 aliphatic heterocycles. The van der Waals surface area contributed by atoms with Crippen molar-refractivity contribution in [3.8, 4) is 5.75 Å². The second kappa shape index (κ2) is 6.33. The molecular formula is C15H16ClNOS. The Balaban J connectivity index is 2.36. The number of benzene rings is 2. The highest BCUT2D eigenvalue weighted by molar-refractivity contribution is 7.99. The Labute approximate surface area is 122 Å². The third-order valence-corrected chi connectivity index (χ3v) is 4.08. The molecule has 0 spiro atoms. The van der Waals surface area contributed by atoms with Gasteiger partial charge in [0.05, 0.1) is 7.11 Å². The summed E-state index contributed by atoms with van der Waals surface area (Å²) in [5, 5.41) is 0.738. The lowest BCUT2D eigenvalue weighted by Crippen LogP contribution is -2.08. The van der Waals surface area contributed by atoms with E-state index < -0.39 is 0 Å². The van der Waals surface area contributed by atoms with Crippen LogP contribution in [0.25, 0.3) is 0 Å². The van der Waals surface area contributed by atoms with E-state index in [4.69, 9.17) is 22.1 Å². The molecule has 0 aliphatic carbocycles. The van der Waals surface area contributed by atoms with E-state index in [2.05, 4.69) is 6.07 Å². The fourth-order valence-corrected chi connectivity index (χ4v) is 3.06. The average molecular weight is 294 g/mol. The van der Waals surface area contributed by atoms with Gasteiger partial charge in [0.1, 0.15) is 5.75 Å². The Morgan fingerprint density at radius 3 is 2.42 bits per heavy atom. The molecule has 1 atom stereocenters. The molecule has 0 aromatic heterocycles. The van der Waals surface area contributed by atoms with Gasteiger partial charge in [-0.2, -0.15) is 0 Å². The molecule has 0 saturated heterocycles. The third kappa shape index (κ3) is 3.44. The summed E-state index contributed by atoms with van der Waals surface area (Å²) in [7, 11) is 1.66. The van der Waals surface area contributed by atoms with Crippen molar-refractivity contribution in [3.05, 3.63) is 53.1 Å². The Morgan fingerprint density at radius 2 is 1.84 bits per heavy atom. The number of hydrogen-bond donors (Lipinski definition) is 1. The van der Waals surface area contributed by atoms with E-state index in [-0.39, 0.29) is 6.04 Å². The van der Waals surface area contributed by atoms with Gasteiger partial charge in [0.15, 0.2) is 0 Å². The van der Waals surface area contributed by atoms with Gasteiger partial charge in [-0.1, -0.05) is 29.4 Å². The highest BCUT2D eigenvalue weighted by Crippen LogP contribution is 2.37. The van der Waals surface area contributed by atoms with Gasteiger partial charge in [0.2, 0.25) is 0 Å². The quantitative estimate of drug-likeness (QED) is 0.900. The summed E-state index contributed by atoms with van der Waals surface area (Å²) in [4.78, 5) is 2.23. The van der Waals surface area contributed by atoms with Crippen LogP contribution in [-0.2, 0) is 0 Å². The summed E-state index contributed by atoms with van der Waals surface area (Å²) >= 11 is 7.56. The smallest absolute Gasteiger partial charge is 0.124 e. The van der Waals surface area contributed by atoms with E-state index in [1.807, 2.05) is 43.3 Å².